The Kier molecular flexibility index (Phi) is 5.05. The number of hydrogen-bond donors (Lipinski definition) is 2. The predicted octanol–water partition coefficient (Wildman–Crippen LogP) is 4.48. The molecule has 122 valence electrons. The minimum atomic E-state index is -4.36. The third kappa shape index (κ3) is 4.32. The van der Waals surface area contributed by atoms with E-state index in [1.807, 2.05) is 0 Å². The van der Waals surface area contributed by atoms with Crippen LogP contribution in [0.15, 0.2) is 41.6 Å². The van der Waals surface area contributed by atoms with Gasteiger partial charge >= 0.3 is 12.1 Å². The summed E-state index contributed by atoms with van der Waals surface area (Å²) in [4.78, 5) is 10.3. The van der Waals surface area contributed by atoms with Crippen LogP contribution in [0.1, 0.15) is 23.3 Å². The van der Waals surface area contributed by atoms with Crippen molar-refractivity contribution in [3.63, 3.8) is 0 Å². The minimum Gasteiger partial charge on any atom is -0.481 e. The van der Waals surface area contributed by atoms with Gasteiger partial charge in [-0.1, -0.05) is 29.4 Å². The van der Waals surface area contributed by atoms with E-state index in [0.717, 1.165) is 6.07 Å². The lowest BCUT2D eigenvalue weighted by molar-refractivity contribution is -0.137. The van der Waals surface area contributed by atoms with Crippen LogP contribution in [0.5, 0.6) is 0 Å². The first-order chi connectivity index (χ1) is 10.8. The number of carboxylic acids is 1. The standard InChI is InChI=1S/C15H12F3NO3S/c16-15(17,18)13-7-6-12(23-13)10-3-1-9(2-4-10)11(19-22)5-8-14(20)21/h1-4,6-7,22H,5,8H2,(H,20,21)/b19-11-. The maximum atomic E-state index is 12.6. The van der Waals surface area contributed by atoms with Gasteiger partial charge in [0.25, 0.3) is 0 Å². The van der Waals surface area contributed by atoms with Crippen molar-refractivity contribution < 1.29 is 28.3 Å². The number of alkyl halides is 3. The molecule has 8 heteroatoms. The number of oxime groups is 1. The summed E-state index contributed by atoms with van der Waals surface area (Å²) in [5.41, 5.74) is 1.33. The largest absolute Gasteiger partial charge is 0.481 e. The highest BCUT2D eigenvalue weighted by molar-refractivity contribution is 7.15. The number of rotatable bonds is 5. The number of carbonyl (C=O) groups is 1. The average Bonchev–Trinajstić information content (AvgIpc) is 2.98. The molecular weight excluding hydrogens is 331 g/mol. The first-order valence-corrected chi connectivity index (χ1v) is 7.33. The minimum absolute atomic E-state index is 0.0579. The number of thiophene rings is 1. The molecular formula is C15H12F3NO3S. The second kappa shape index (κ2) is 6.82. The molecule has 2 rings (SSSR count). The summed E-state index contributed by atoms with van der Waals surface area (Å²) < 4.78 is 37.8. The molecule has 0 unspecified atom stereocenters. The molecule has 0 fully saturated rings. The van der Waals surface area contributed by atoms with Gasteiger partial charge in [0.05, 0.1) is 12.1 Å². The van der Waals surface area contributed by atoms with Gasteiger partial charge in [0.2, 0.25) is 0 Å². The summed E-state index contributed by atoms with van der Waals surface area (Å²) in [6, 6.07) is 8.80. The molecule has 0 radical (unpaired) electrons. The average molecular weight is 343 g/mol. The fraction of sp³-hybridized carbons (Fsp3) is 0.200. The quantitative estimate of drug-likeness (QED) is 0.478. The van der Waals surface area contributed by atoms with Gasteiger partial charge in [0.15, 0.2) is 0 Å². The molecule has 0 atom stereocenters. The smallest absolute Gasteiger partial charge is 0.425 e. The van der Waals surface area contributed by atoms with E-state index in [-0.39, 0.29) is 18.6 Å². The van der Waals surface area contributed by atoms with Crippen molar-refractivity contribution in [2.24, 2.45) is 5.16 Å². The monoisotopic (exact) mass is 343 g/mol. The zero-order valence-corrected chi connectivity index (χ0v) is 12.5. The van der Waals surface area contributed by atoms with E-state index in [1.54, 1.807) is 24.3 Å². The van der Waals surface area contributed by atoms with Crippen LogP contribution in [-0.2, 0) is 11.0 Å². The van der Waals surface area contributed by atoms with Gasteiger partial charge in [0, 0.05) is 11.3 Å². The molecule has 1 aromatic carbocycles. The molecule has 1 aromatic heterocycles. The lowest BCUT2D eigenvalue weighted by Gasteiger charge is -2.05. The first-order valence-electron chi connectivity index (χ1n) is 6.52. The predicted molar refractivity (Wildman–Crippen MR) is 80.0 cm³/mol. The second-order valence-corrected chi connectivity index (χ2v) is 5.76. The normalized spacial score (nSPS) is 12.4. The van der Waals surface area contributed by atoms with Crippen LogP contribution in [0.4, 0.5) is 13.2 Å². The maximum absolute atomic E-state index is 12.6. The summed E-state index contributed by atoms with van der Waals surface area (Å²) in [5.74, 6) is -1.01. The molecule has 0 spiro atoms. The van der Waals surface area contributed by atoms with Crippen LogP contribution in [0.25, 0.3) is 10.4 Å². The Morgan fingerprint density at radius 2 is 1.74 bits per heavy atom. The number of nitrogens with zero attached hydrogens (tertiary/aromatic N) is 1. The van der Waals surface area contributed by atoms with Crippen molar-refractivity contribution >= 4 is 23.0 Å². The molecule has 0 amide bonds. The molecule has 0 aliphatic rings. The topological polar surface area (TPSA) is 69.9 Å². The van der Waals surface area contributed by atoms with Crippen LogP contribution >= 0.6 is 11.3 Å². The first kappa shape index (κ1) is 17.0. The van der Waals surface area contributed by atoms with Crippen LogP contribution in [0, 0.1) is 0 Å². The number of halogens is 3. The van der Waals surface area contributed by atoms with Crippen molar-refractivity contribution in [1.82, 2.24) is 0 Å². The lowest BCUT2D eigenvalue weighted by Crippen LogP contribution is -2.05. The van der Waals surface area contributed by atoms with Gasteiger partial charge in [-0.2, -0.15) is 13.2 Å². The molecule has 0 saturated carbocycles. The van der Waals surface area contributed by atoms with Crippen molar-refractivity contribution in [1.29, 1.82) is 0 Å². The summed E-state index contributed by atoms with van der Waals surface area (Å²) in [5, 5.41) is 20.7. The number of hydrogen-bond acceptors (Lipinski definition) is 4. The van der Waals surface area contributed by atoms with E-state index >= 15 is 0 Å². The lowest BCUT2D eigenvalue weighted by atomic mass is 10.0. The summed E-state index contributed by atoms with van der Waals surface area (Å²) in [6.45, 7) is 0. The molecule has 0 aliphatic carbocycles. The molecule has 2 aromatic rings. The van der Waals surface area contributed by atoms with Crippen LogP contribution < -0.4 is 0 Å². The molecule has 4 nitrogen and oxygen atoms in total. The second-order valence-electron chi connectivity index (χ2n) is 4.68. The highest BCUT2D eigenvalue weighted by atomic mass is 32.1. The van der Waals surface area contributed by atoms with Gasteiger partial charge in [-0.05, 0) is 23.3 Å². The summed E-state index contributed by atoms with van der Waals surface area (Å²) in [7, 11) is 0. The summed E-state index contributed by atoms with van der Waals surface area (Å²) in [6.07, 6.45) is -4.49. The zero-order chi connectivity index (χ0) is 17.0. The van der Waals surface area contributed by atoms with Gasteiger partial charge < -0.3 is 10.3 Å². The third-order valence-corrected chi connectivity index (χ3v) is 4.26. The Morgan fingerprint density at radius 1 is 1.09 bits per heavy atom. The Hall–Kier alpha value is -2.35. The Balaban J connectivity index is 2.19. The van der Waals surface area contributed by atoms with Crippen molar-refractivity contribution in [3.8, 4) is 10.4 Å². The van der Waals surface area contributed by atoms with Gasteiger partial charge in [-0.15, -0.1) is 11.3 Å². The number of carboxylic acid groups (broad SMARTS) is 1. The van der Waals surface area contributed by atoms with Crippen molar-refractivity contribution in [2.75, 3.05) is 0 Å². The Bertz CT molecular complexity index is 720. The van der Waals surface area contributed by atoms with E-state index in [9.17, 15) is 18.0 Å². The third-order valence-electron chi connectivity index (χ3n) is 3.08. The zero-order valence-electron chi connectivity index (χ0n) is 11.7. The molecule has 1 heterocycles. The highest BCUT2D eigenvalue weighted by Crippen LogP contribution is 2.38. The molecule has 23 heavy (non-hydrogen) atoms. The fourth-order valence-corrected chi connectivity index (χ4v) is 2.83. The van der Waals surface area contributed by atoms with Crippen LogP contribution in [0.3, 0.4) is 0 Å². The van der Waals surface area contributed by atoms with E-state index in [0.29, 0.717) is 27.3 Å². The number of benzene rings is 1. The van der Waals surface area contributed by atoms with E-state index in [4.69, 9.17) is 10.3 Å². The van der Waals surface area contributed by atoms with Gasteiger partial charge in [0.1, 0.15) is 4.88 Å². The SMILES string of the molecule is O=C(O)CC/C(=N/O)c1ccc(-c2ccc(C(F)(F)F)s2)cc1. The van der Waals surface area contributed by atoms with E-state index in [2.05, 4.69) is 5.16 Å². The Morgan fingerprint density at radius 3 is 2.22 bits per heavy atom. The molecule has 0 saturated heterocycles. The van der Waals surface area contributed by atoms with Crippen molar-refractivity contribution in [3.05, 3.63) is 46.8 Å². The highest BCUT2D eigenvalue weighted by Gasteiger charge is 2.32. The van der Waals surface area contributed by atoms with Crippen LogP contribution in [0.2, 0.25) is 0 Å². The van der Waals surface area contributed by atoms with E-state index < -0.39 is 17.0 Å². The fourth-order valence-electron chi connectivity index (χ4n) is 1.95. The van der Waals surface area contributed by atoms with Gasteiger partial charge in [-0.3, -0.25) is 4.79 Å². The summed E-state index contributed by atoms with van der Waals surface area (Å²) >= 11 is 0.645. The van der Waals surface area contributed by atoms with Crippen LogP contribution in [-0.4, -0.2) is 22.0 Å². The molecule has 0 aliphatic heterocycles. The van der Waals surface area contributed by atoms with Gasteiger partial charge in [-0.25, -0.2) is 0 Å². The van der Waals surface area contributed by atoms with E-state index in [1.165, 1.54) is 6.07 Å². The maximum Gasteiger partial charge on any atom is 0.425 e. The molecule has 0 bridgehead atoms. The Labute approximate surface area is 133 Å². The van der Waals surface area contributed by atoms with Crippen molar-refractivity contribution in [2.45, 2.75) is 19.0 Å². The number of aliphatic carboxylic acids is 1. The molecule has 2 N–H and O–H groups in total.